The second-order valence-corrected chi connectivity index (χ2v) is 6.55. The van der Waals surface area contributed by atoms with Gasteiger partial charge in [-0.15, -0.1) is 0 Å². The summed E-state index contributed by atoms with van der Waals surface area (Å²) in [5, 5.41) is 11.3. The van der Waals surface area contributed by atoms with Crippen molar-refractivity contribution in [3.05, 3.63) is 82.1 Å². The van der Waals surface area contributed by atoms with Gasteiger partial charge in [0.2, 0.25) is 0 Å². The summed E-state index contributed by atoms with van der Waals surface area (Å²) in [6.07, 6.45) is 0.150. The highest BCUT2D eigenvalue weighted by atomic mass is 16.3. The number of aryl methyl sites for hydroxylation is 1. The molecule has 0 fully saturated rings. The van der Waals surface area contributed by atoms with E-state index in [2.05, 4.69) is 4.90 Å². The monoisotopic (exact) mass is 336 g/mol. The van der Waals surface area contributed by atoms with Crippen LogP contribution in [0.25, 0.3) is 10.9 Å². The van der Waals surface area contributed by atoms with Gasteiger partial charge in [-0.05, 0) is 36.6 Å². The number of benzene rings is 2. The van der Waals surface area contributed by atoms with Crippen LogP contribution in [-0.4, -0.2) is 28.2 Å². The maximum atomic E-state index is 12.6. The Morgan fingerprint density at radius 1 is 1.08 bits per heavy atom. The van der Waals surface area contributed by atoms with E-state index in [0.717, 1.165) is 22.0 Å². The molecule has 0 bridgehead atoms. The van der Waals surface area contributed by atoms with Gasteiger partial charge in [0.05, 0.1) is 11.6 Å². The summed E-state index contributed by atoms with van der Waals surface area (Å²) in [5.74, 6) is 0. The van der Waals surface area contributed by atoms with Crippen molar-refractivity contribution in [3.63, 3.8) is 0 Å². The predicted molar refractivity (Wildman–Crippen MR) is 102 cm³/mol. The first-order valence-electron chi connectivity index (χ1n) is 8.55. The first-order valence-corrected chi connectivity index (χ1v) is 8.55. The average molecular weight is 336 g/mol. The summed E-state index contributed by atoms with van der Waals surface area (Å²) in [4.78, 5) is 14.6. The van der Waals surface area contributed by atoms with Gasteiger partial charge in [-0.25, -0.2) is 0 Å². The Labute approximate surface area is 148 Å². The number of hydrogen-bond donors (Lipinski definition) is 1. The van der Waals surface area contributed by atoms with E-state index in [1.165, 1.54) is 0 Å². The van der Waals surface area contributed by atoms with Crippen molar-refractivity contribution in [2.24, 2.45) is 7.05 Å². The SMILES string of the molecule is CN(CCC(O)c1ccccc1)Cc1cc2ccccc2n(C)c1=O. The molecule has 0 radical (unpaired) electrons. The van der Waals surface area contributed by atoms with Gasteiger partial charge in [-0.3, -0.25) is 4.79 Å². The Hall–Kier alpha value is -2.43. The van der Waals surface area contributed by atoms with Gasteiger partial charge in [0.1, 0.15) is 0 Å². The van der Waals surface area contributed by atoms with Crippen LogP contribution in [-0.2, 0) is 13.6 Å². The highest BCUT2D eigenvalue weighted by Gasteiger charge is 2.12. The molecule has 1 atom stereocenters. The first-order chi connectivity index (χ1) is 12.1. The third-order valence-electron chi connectivity index (χ3n) is 4.62. The molecule has 3 rings (SSSR count). The molecule has 0 saturated carbocycles. The van der Waals surface area contributed by atoms with Crippen LogP contribution in [0.4, 0.5) is 0 Å². The van der Waals surface area contributed by atoms with Crippen LogP contribution in [0, 0.1) is 0 Å². The lowest BCUT2D eigenvalue weighted by atomic mass is 10.1. The Bertz CT molecular complexity index is 903. The third-order valence-corrected chi connectivity index (χ3v) is 4.62. The largest absolute Gasteiger partial charge is 0.388 e. The third kappa shape index (κ3) is 3.98. The van der Waals surface area contributed by atoms with Gasteiger partial charge in [0.15, 0.2) is 0 Å². The molecule has 0 saturated heterocycles. The maximum Gasteiger partial charge on any atom is 0.255 e. The van der Waals surface area contributed by atoms with Crippen molar-refractivity contribution in [2.75, 3.05) is 13.6 Å². The molecule has 1 unspecified atom stereocenters. The van der Waals surface area contributed by atoms with E-state index in [0.29, 0.717) is 19.5 Å². The molecule has 0 aliphatic heterocycles. The molecule has 4 heteroatoms. The van der Waals surface area contributed by atoms with E-state index in [9.17, 15) is 9.90 Å². The van der Waals surface area contributed by atoms with Crippen molar-refractivity contribution in [2.45, 2.75) is 19.1 Å². The van der Waals surface area contributed by atoms with E-state index in [1.807, 2.05) is 74.8 Å². The second-order valence-electron chi connectivity index (χ2n) is 6.55. The molecule has 3 aromatic rings. The molecule has 1 aromatic heterocycles. The Kier molecular flexibility index (Phi) is 5.31. The van der Waals surface area contributed by atoms with E-state index in [-0.39, 0.29) is 5.56 Å². The van der Waals surface area contributed by atoms with Crippen LogP contribution in [0.15, 0.2) is 65.5 Å². The minimum absolute atomic E-state index is 0.0363. The number of aliphatic hydroxyl groups is 1. The normalized spacial score (nSPS) is 12.6. The molecule has 25 heavy (non-hydrogen) atoms. The van der Waals surface area contributed by atoms with Crippen LogP contribution in [0.2, 0.25) is 0 Å². The molecule has 0 aliphatic rings. The van der Waals surface area contributed by atoms with E-state index < -0.39 is 6.10 Å². The van der Waals surface area contributed by atoms with Gasteiger partial charge >= 0.3 is 0 Å². The first kappa shape index (κ1) is 17.4. The zero-order chi connectivity index (χ0) is 17.8. The van der Waals surface area contributed by atoms with Crippen molar-refractivity contribution < 1.29 is 5.11 Å². The molecular weight excluding hydrogens is 312 g/mol. The van der Waals surface area contributed by atoms with Crippen LogP contribution in [0.3, 0.4) is 0 Å². The van der Waals surface area contributed by atoms with Gasteiger partial charge < -0.3 is 14.6 Å². The lowest BCUT2D eigenvalue weighted by Crippen LogP contribution is -2.28. The number of rotatable bonds is 6. The number of hydrogen-bond acceptors (Lipinski definition) is 3. The molecule has 2 aromatic carbocycles. The summed E-state index contributed by atoms with van der Waals surface area (Å²) in [7, 11) is 3.79. The topological polar surface area (TPSA) is 45.5 Å². The minimum Gasteiger partial charge on any atom is -0.388 e. The van der Waals surface area contributed by atoms with E-state index in [4.69, 9.17) is 0 Å². The zero-order valence-corrected chi connectivity index (χ0v) is 14.7. The molecule has 0 aliphatic carbocycles. The Balaban J connectivity index is 1.69. The molecule has 1 N–H and O–H groups in total. The smallest absolute Gasteiger partial charge is 0.255 e. The molecule has 4 nitrogen and oxygen atoms in total. The van der Waals surface area contributed by atoms with Gasteiger partial charge in [0.25, 0.3) is 5.56 Å². The molecule has 130 valence electrons. The number of aliphatic hydroxyl groups excluding tert-OH is 1. The van der Waals surface area contributed by atoms with Crippen molar-refractivity contribution in [1.82, 2.24) is 9.47 Å². The van der Waals surface area contributed by atoms with E-state index >= 15 is 0 Å². The number of fused-ring (bicyclic) bond motifs is 1. The summed E-state index contributed by atoms with van der Waals surface area (Å²) >= 11 is 0. The van der Waals surface area contributed by atoms with Gasteiger partial charge in [-0.2, -0.15) is 0 Å². The average Bonchev–Trinajstić information content (AvgIpc) is 2.64. The number of para-hydroxylation sites is 1. The van der Waals surface area contributed by atoms with Crippen LogP contribution >= 0.6 is 0 Å². The summed E-state index contributed by atoms with van der Waals surface area (Å²) in [6, 6.07) is 19.6. The minimum atomic E-state index is -0.483. The van der Waals surface area contributed by atoms with Crippen molar-refractivity contribution >= 4 is 10.9 Å². The zero-order valence-electron chi connectivity index (χ0n) is 14.7. The summed E-state index contributed by atoms with van der Waals surface area (Å²) in [5.41, 5.74) is 2.68. The molecular formula is C21H24N2O2. The Morgan fingerprint density at radius 2 is 1.76 bits per heavy atom. The highest BCUT2D eigenvalue weighted by molar-refractivity contribution is 5.79. The highest BCUT2D eigenvalue weighted by Crippen LogP contribution is 2.17. The number of nitrogens with zero attached hydrogens (tertiary/aromatic N) is 2. The molecule has 1 heterocycles. The van der Waals surface area contributed by atoms with Crippen LogP contribution in [0.1, 0.15) is 23.7 Å². The van der Waals surface area contributed by atoms with Crippen LogP contribution < -0.4 is 5.56 Å². The number of pyridine rings is 1. The van der Waals surface area contributed by atoms with E-state index in [1.54, 1.807) is 4.57 Å². The number of aromatic nitrogens is 1. The molecule has 0 spiro atoms. The molecule has 0 amide bonds. The quantitative estimate of drug-likeness (QED) is 0.752. The fourth-order valence-corrected chi connectivity index (χ4v) is 3.16. The second kappa shape index (κ2) is 7.64. The summed E-state index contributed by atoms with van der Waals surface area (Å²) in [6.45, 7) is 1.28. The van der Waals surface area contributed by atoms with Gasteiger partial charge in [-0.1, -0.05) is 48.5 Å². The van der Waals surface area contributed by atoms with Crippen molar-refractivity contribution in [3.8, 4) is 0 Å². The maximum absolute atomic E-state index is 12.6. The van der Waals surface area contributed by atoms with Crippen LogP contribution in [0.5, 0.6) is 0 Å². The Morgan fingerprint density at radius 3 is 2.52 bits per heavy atom. The lowest BCUT2D eigenvalue weighted by Gasteiger charge is -2.19. The van der Waals surface area contributed by atoms with Gasteiger partial charge in [0, 0.05) is 25.7 Å². The lowest BCUT2D eigenvalue weighted by molar-refractivity contribution is 0.147. The fraction of sp³-hybridized carbons (Fsp3) is 0.286. The standard InChI is InChI=1S/C21H24N2O2/c1-22(13-12-20(24)16-8-4-3-5-9-16)15-18-14-17-10-6-7-11-19(17)23(2)21(18)25/h3-11,14,20,24H,12-13,15H2,1-2H3. The fourth-order valence-electron chi connectivity index (χ4n) is 3.16. The predicted octanol–water partition coefficient (Wildman–Crippen LogP) is 3.09. The summed E-state index contributed by atoms with van der Waals surface area (Å²) < 4.78 is 1.71. The van der Waals surface area contributed by atoms with Crippen molar-refractivity contribution in [1.29, 1.82) is 0 Å².